The van der Waals surface area contributed by atoms with Gasteiger partial charge in [-0.25, -0.2) is 0 Å². The molecule has 120 valence electrons. The Morgan fingerprint density at radius 2 is 2.05 bits per heavy atom. The number of benzene rings is 1. The van der Waals surface area contributed by atoms with Gasteiger partial charge in [-0.3, -0.25) is 9.59 Å². The largest absolute Gasteiger partial charge is 0.481 e. The number of aliphatic carboxylic acids is 1. The molecule has 1 N–H and O–H groups in total. The summed E-state index contributed by atoms with van der Waals surface area (Å²) in [6, 6.07) is 5.80. The number of rotatable bonds is 4. The first-order valence-corrected chi connectivity index (χ1v) is 7.58. The fourth-order valence-electron chi connectivity index (χ4n) is 2.49. The lowest BCUT2D eigenvalue weighted by atomic mass is 9.86. The summed E-state index contributed by atoms with van der Waals surface area (Å²) in [6.45, 7) is 8.32. The van der Waals surface area contributed by atoms with E-state index in [1.807, 2.05) is 25.1 Å². The highest BCUT2D eigenvalue weighted by molar-refractivity contribution is 6.00. The fraction of sp³-hybridized carbons (Fsp3) is 0.529. The van der Waals surface area contributed by atoms with E-state index in [0.29, 0.717) is 17.9 Å². The van der Waals surface area contributed by atoms with E-state index in [1.54, 1.807) is 4.90 Å². The summed E-state index contributed by atoms with van der Waals surface area (Å²) in [7, 11) is 0. The number of anilines is 1. The molecule has 0 aliphatic carbocycles. The monoisotopic (exact) mass is 305 g/mol. The lowest BCUT2D eigenvalue weighted by Crippen LogP contribution is -2.46. The lowest BCUT2D eigenvalue weighted by Gasteiger charge is -2.35. The van der Waals surface area contributed by atoms with Crippen LogP contribution in [0.15, 0.2) is 18.2 Å². The number of carbonyl (C=O) groups excluding carboxylic acids is 1. The number of hydrogen-bond acceptors (Lipinski definition) is 3. The van der Waals surface area contributed by atoms with Crippen molar-refractivity contribution in [1.82, 2.24) is 0 Å². The van der Waals surface area contributed by atoms with E-state index in [4.69, 9.17) is 9.84 Å². The summed E-state index contributed by atoms with van der Waals surface area (Å²) in [4.78, 5) is 24.9. The average Bonchev–Trinajstić information content (AvgIpc) is 2.44. The van der Waals surface area contributed by atoms with E-state index in [1.165, 1.54) is 0 Å². The molecule has 1 aliphatic heterocycles. The van der Waals surface area contributed by atoms with E-state index in [-0.39, 0.29) is 24.3 Å². The Bertz CT molecular complexity index is 589. The Morgan fingerprint density at radius 1 is 1.36 bits per heavy atom. The topological polar surface area (TPSA) is 66.8 Å². The predicted molar refractivity (Wildman–Crippen MR) is 84.5 cm³/mol. The first kappa shape index (κ1) is 16.3. The van der Waals surface area contributed by atoms with E-state index in [2.05, 4.69) is 20.8 Å². The summed E-state index contributed by atoms with van der Waals surface area (Å²) in [5.74, 6) is -0.437. The third-order valence-electron chi connectivity index (χ3n) is 3.85. The number of hydrogen-bond donors (Lipinski definition) is 1. The normalized spacial score (nSPS) is 17.9. The number of nitrogens with zero attached hydrogens (tertiary/aromatic N) is 1. The molecule has 0 saturated carbocycles. The molecular formula is C17H23NO4. The fourth-order valence-corrected chi connectivity index (χ4v) is 2.49. The Morgan fingerprint density at radius 3 is 2.59 bits per heavy atom. The Kier molecular flexibility index (Phi) is 4.44. The molecule has 0 spiro atoms. The zero-order valence-electron chi connectivity index (χ0n) is 13.5. The van der Waals surface area contributed by atoms with Crippen molar-refractivity contribution in [2.24, 2.45) is 0 Å². The maximum Gasteiger partial charge on any atom is 0.305 e. The highest BCUT2D eigenvalue weighted by Crippen LogP contribution is 2.38. The maximum absolute atomic E-state index is 12.5. The van der Waals surface area contributed by atoms with Crippen LogP contribution in [0.25, 0.3) is 0 Å². The third-order valence-corrected chi connectivity index (χ3v) is 3.85. The van der Waals surface area contributed by atoms with Crippen LogP contribution in [0, 0.1) is 0 Å². The highest BCUT2D eigenvalue weighted by atomic mass is 16.5. The summed E-state index contributed by atoms with van der Waals surface area (Å²) in [5.41, 5.74) is 1.69. The summed E-state index contributed by atoms with van der Waals surface area (Å²) in [6.07, 6.45) is -0.0636. The second-order valence-corrected chi connectivity index (χ2v) is 6.58. The van der Waals surface area contributed by atoms with Crippen LogP contribution >= 0.6 is 0 Å². The van der Waals surface area contributed by atoms with Crippen molar-refractivity contribution in [3.05, 3.63) is 23.8 Å². The van der Waals surface area contributed by atoms with Crippen molar-refractivity contribution in [2.45, 2.75) is 52.1 Å². The first-order valence-electron chi connectivity index (χ1n) is 7.58. The molecule has 1 amide bonds. The molecule has 0 fully saturated rings. The van der Waals surface area contributed by atoms with Gasteiger partial charge in [0.15, 0.2) is 6.10 Å². The van der Waals surface area contributed by atoms with Crippen molar-refractivity contribution in [1.29, 1.82) is 0 Å². The number of amides is 1. The van der Waals surface area contributed by atoms with Gasteiger partial charge in [0.1, 0.15) is 5.75 Å². The van der Waals surface area contributed by atoms with Gasteiger partial charge in [0.05, 0.1) is 12.1 Å². The van der Waals surface area contributed by atoms with Gasteiger partial charge < -0.3 is 14.7 Å². The molecule has 1 unspecified atom stereocenters. The van der Waals surface area contributed by atoms with Crippen LogP contribution in [-0.4, -0.2) is 29.6 Å². The van der Waals surface area contributed by atoms with Gasteiger partial charge in [-0.2, -0.15) is 0 Å². The van der Waals surface area contributed by atoms with Gasteiger partial charge in [0.25, 0.3) is 5.91 Å². The number of fused-ring (bicyclic) bond motifs is 1. The van der Waals surface area contributed by atoms with Crippen molar-refractivity contribution in [3.8, 4) is 5.75 Å². The molecule has 1 aromatic rings. The zero-order chi connectivity index (χ0) is 16.5. The van der Waals surface area contributed by atoms with Gasteiger partial charge in [-0.05, 0) is 29.5 Å². The molecule has 1 aliphatic rings. The van der Waals surface area contributed by atoms with Crippen molar-refractivity contribution >= 4 is 17.6 Å². The molecule has 5 nitrogen and oxygen atoms in total. The summed E-state index contributed by atoms with van der Waals surface area (Å²) < 4.78 is 5.76. The standard InChI is InChI=1S/C17H23NO4/c1-5-13-16(21)18(9-8-15(19)20)12-10-11(17(2,3)4)6-7-14(12)22-13/h6-7,10,13H,5,8-9H2,1-4H3,(H,19,20). The number of carbonyl (C=O) groups is 2. The van der Waals surface area contributed by atoms with Gasteiger partial charge in [0, 0.05) is 6.54 Å². The van der Waals surface area contributed by atoms with Crippen molar-refractivity contribution in [2.75, 3.05) is 11.4 Å². The average molecular weight is 305 g/mol. The molecule has 1 heterocycles. The maximum atomic E-state index is 12.5. The Balaban J connectivity index is 2.43. The zero-order valence-corrected chi connectivity index (χ0v) is 13.5. The predicted octanol–water partition coefficient (Wildman–Crippen LogP) is 2.96. The van der Waals surface area contributed by atoms with E-state index >= 15 is 0 Å². The number of carboxylic acids is 1. The number of carboxylic acid groups (broad SMARTS) is 1. The Labute approximate surface area is 130 Å². The van der Waals surface area contributed by atoms with Crippen LogP contribution in [-0.2, 0) is 15.0 Å². The highest BCUT2D eigenvalue weighted by Gasteiger charge is 2.34. The first-order chi connectivity index (χ1) is 10.2. The Hall–Kier alpha value is -2.04. The molecule has 22 heavy (non-hydrogen) atoms. The van der Waals surface area contributed by atoms with Gasteiger partial charge in [-0.1, -0.05) is 33.8 Å². The molecular weight excluding hydrogens is 282 g/mol. The van der Waals surface area contributed by atoms with Crippen LogP contribution in [0.5, 0.6) is 5.75 Å². The van der Waals surface area contributed by atoms with Gasteiger partial charge >= 0.3 is 5.97 Å². The minimum absolute atomic E-state index is 0.0574. The minimum Gasteiger partial charge on any atom is -0.481 e. The molecule has 0 radical (unpaired) electrons. The van der Waals surface area contributed by atoms with E-state index in [9.17, 15) is 9.59 Å². The van der Waals surface area contributed by atoms with Crippen molar-refractivity contribution < 1.29 is 19.4 Å². The molecule has 2 rings (SSSR count). The van der Waals surface area contributed by atoms with Gasteiger partial charge in [0.2, 0.25) is 0 Å². The van der Waals surface area contributed by atoms with Crippen LogP contribution in [0.4, 0.5) is 5.69 Å². The smallest absolute Gasteiger partial charge is 0.305 e. The van der Waals surface area contributed by atoms with Crippen LogP contribution in [0.1, 0.15) is 46.1 Å². The quantitative estimate of drug-likeness (QED) is 0.928. The van der Waals surface area contributed by atoms with Crippen LogP contribution in [0.3, 0.4) is 0 Å². The second-order valence-electron chi connectivity index (χ2n) is 6.58. The van der Waals surface area contributed by atoms with Crippen LogP contribution in [0.2, 0.25) is 0 Å². The minimum atomic E-state index is -0.916. The molecule has 5 heteroatoms. The molecule has 0 aromatic heterocycles. The molecule has 1 atom stereocenters. The summed E-state index contributed by atoms with van der Waals surface area (Å²) >= 11 is 0. The van der Waals surface area contributed by atoms with E-state index < -0.39 is 12.1 Å². The van der Waals surface area contributed by atoms with Crippen LogP contribution < -0.4 is 9.64 Å². The molecule has 0 saturated heterocycles. The SMILES string of the molecule is CCC1Oc2ccc(C(C)(C)C)cc2N(CCC(=O)O)C1=O. The third kappa shape index (κ3) is 3.24. The lowest BCUT2D eigenvalue weighted by molar-refractivity contribution is -0.136. The summed E-state index contributed by atoms with van der Waals surface area (Å²) in [5, 5.41) is 8.92. The second kappa shape index (κ2) is 5.99. The number of ether oxygens (including phenoxy) is 1. The van der Waals surface area contributed by atoms with Gasteiger partial charge in [-0.15, -0.1) is 0 Å². The van der Waals surface area contributed by atoms with E-state index in [0.717, 1.165) is 5.56 Å². The van der Waals surface area contributed by atoms with Crippen molar-refractivity contribution in [3.63, 3.8) is 0 Å². The molecule has 1 aromatic carbocycles. The molecule has 0 bridgehead atoms.